The van der Waals surface area contributed by atoms with Crippen LogP contribution in [0.4, 0.5) is 10.2 Å². The minimum Gasteiger partial charge on any atom is -0.390 e. The number of hydrogen-bond donors (Lipinski definition) is 2. The lowest BCUT2D eigenvalue weighted by Gasteiger charge is -2.28. The number of β-amino-alcohol motifs (C(OH)–C–C–N with tert-alkyl or cyclic N) is 1. The number of aliphatic hydroxyl groups excluding tert-OH is 1. The maximum absolute atomic E-state index is 13.7. The maximum Gasteiger partial charge on any atom is 0.149 e. The van der Waals surface area contributed by atoms with Crippen LogP contribution in [-0.4, -0.2) is 65.5 Å². The molecule has 118 valence electrons. The zero-order valence-electron chi connectivity index (χ0n) is 12.2. The van der Waals surface area contributed by atoms with Crippen LogP contribution < -0.4 is 5.32 Å². The molecule has 1 aliphatic rings. The maximum atomic E-state index is 13.7. The third-order valence-electron chi connectivity index (χ3n) is 3.69. The summed E-state index contributed by atoms with van der Waals surface area (Å²) in [6.07, 6.45) is 0.791. The van der Waals surface area contributed by atoms with Gasteiger partial charge in [-0.3, -0.25) is 4.90 Å². The number of aromatic nitrogens is 2. The topological polar surface area (TPSA) is 70.5 Å². The molecular weight excluding hydrogens is 287 g/mol. The first kappa shape index (κ1) is 15.1. The van der Waals surface area contributed by atoms with Crippen molar-refractivity contribution in [2.45, 2.75) is 6.10 Å². The Morgan fingerprint density at radius 3 is 2.95 bits per heavy atom. The van der Waals surface area contributed by atoms with Gasteiger partial charge >= 0.3 is 0 Å². The minimum absolute atomic E-state index is 0.280. The van der Waals surface area contributed by atoms with Crippen molar-refractivity contribution in [3.05, 3.63) is 30.3 Å². The van der Waals surface area contributed by atoms with E-state index < -0.39 is 6.10 Å². The van der Waals surface area contributed by atoms with Crippen LogP contribution in [0.2, 0.25) is 0 Å². The summed E-state index contributed by atoms with van der Waals surface area (Å²) in [5.41, 5.74) is 0.280. The van der Waals surface area contributed by atoms with Gasteiger partial charge in [-0.1, -0.05) is 6.07 Å². The number of ether oxygens (including phenoxy) is 1. The van der Waals surface area contributed by atoms with Crippen molar-refractivity contribution in [1.29, 1.82) is 0 Å². The minimum atomic E-state index is -0.531. The van der Waals surface area contributed by atoms with E-state index in [1.807, 2.05) is 0 Å². The Labute approximate surface area is 127 Å². The molecule has 3 rings (SSSR count). The number of hydrogen-bond acceptors (Lipinski definition) is 6. The van der Waals surface area contributed by atoms with Crippen molar-refractivity contribution in [3.63, 3.8) is 0 Å². The van der Waals surface area contributed by atoms with Crippen LogP contribution in [0.5, 0.6) is 0 Å². The molecule has 1 unspecified atom stereocenters. The van der Waals surface area contributed by atoms with Crippen LogP contribution in [0.25, 0.3) is 10.9 Å². The lowest BCUT2D eigenvalue weighted by Crippen LogP contribution is -2.42. The molecule has 1 aromatic heterocycles. The summed E-state index contributed by atoms with van der Waals surface area (Å²) in [5, 5.41) is 13.8. The number of benzene rings is 1. The van der Waals surface area contributed by atoms with Crippen molar-refractivity contribution >= 4 is 16.7 Å². The molecule has 0 saturated carbocycles. The van der Waals surface area contributed by atoms with E-state index in [0.717, 1.165) is 13.1 Å². The summed E-state index contributed by atoms with van der Waals surface area (Å²) >= 11 is 0. The molecule has 1 atom stereocenters. The van der Waals surface area contributed by atoms with Gasteiger partial charge in [0, 0.05) is 31.6 Å². The molecule has 22 heavy (non-hydrogen) atoms. The van der Waals surface area contributed by atoms with E-state index in [1.165, 1.54) is 12.4 Å². The number of nitrogens with one attached hydrogen (secondary N) is 1. The van der Waals surface area contributed by atoms with Crippen molar-refractivity contribution in [3.8, 4) is 0 Å². The van der Waals surface area contributed by atoms with Crippen LogP contribution in [0, 0.1) is 5.82 Å². The van der Waals surface area contributed by atoms with Gasteiger partial charge in [0.2, 0.25) is 0 Å². The number of nitrogens with zero attached hydrogens (tertiary/aromatic N) is 3. The summed E-state index contributed by atoms with van der Waals surface area (Å²) in [6, 6.07) is 4.75. The fourth-order valence-electron chi connectivity index (χ4n) is 2.55. The fraction of sp³-hybridized carbons (Fsp3) is 0.467. The number of halogens is 1. The molecular formula is C15H19FN4O2. The SMILES string of the molecule is OC(CNc1ncnc2c(F)cccc12)CN1CCOCC1. The second kappa shape index (κ2) is 6.95. The number of rotatable bonds is 5. The number of para-hydroxylation sites is 1. The summed E-state index contributed by atoms with van der Waals surface area (Å²) < 4.78 is 19.0. The van der Waals surface area contributed by atoms with Crippen LogP contribution >= 0.6 is 0 Å². The number of anilines is 1. The second-order valence-electron chi connectivity index (χ2n) is 5.31. The average Bonchev–Trinajstić information content (AvgIpc) is 2.54. The van der Waals surface area contributed by atoms with Gasteiger partial charge in [0.1, 0.15) is 23.5 Å². The van der Waals surface area contributed by atoms with Crippen LogP contribution in [0.3, 0.4) is 0 Å². The van der Waals surface area contributed by atoms with E-state index in [4.69, 9.17) is 4.74 Å². The van der Waals surface area contributed by atoms with E-state index in [-0.39, 0.29) is 11.3 Å². The zero-order valence-corrected chi connectivity index (χ0v) is 12.2. The highest BCUT2D eigenvalue weighted by Crippen LogP contribution is 2.21. The molecule has 2 N–H and O–H groups in total. The van der Waals surface area contributed by atoms with Gasteiger partial charge in [0.15, 0.2) is 0 Å². The molecule has 7 heteroatoms. The lowest BCUT2D eigenvalue weighted by atomic mass is 10.2. The summed E-state index contributed by atoms with van der Waals surface area (Å²) in [5.74, 6) is 0.155. The van der Waals surface area contributed by atoms with Crippen LogP contribution in [0.15, 0.2) is 24.5 Å². The number of morpholine rings is 1. The van der Waals surface area contributed by atoms with E-state index >= 15 is 0 Å². The predicted octanol–water partition coefficient (Wildman–Crippen LogP) is 0.874. The van der Waals surface area contributed by atoms with Gasteiger partial charge in [-0.2, -0.15) is 0 Å². The molecule has 2 heterocycles. The highest BCUT2D eigenvalue weighted by molar-refractivity contribution is 5.89. The van der Waals surface area contributed by atoms with E-state index in [9.17, 15) is 9.50 Å². The Bertz CT molecular complexity index is 634. The first-order chi connectivity index (χ1) is 10.7. The third kappa shape index (κ3) is 3.49. The summed E-state index contributed by atoms with van der Waals surface area (Å²) in [7, 11) is 0. The largest absolute Gasteiger partial charge is 0.390 e. The Morgan fingerprint density at radius 1 is 1.32 bits per heavy atom. The number of aliphatic hydroxyl groups is 1. The quantitative estimate of drug-likeness (QED) is 0.854. The standard InChI is InChI=1S/C15H19FN4O2/c16-13-3-1-2-12-14(13)18-10-19-15(12)17-8-11(21)9-20-4-6-22-7-5-20/h1-3,10-11,21H,4-9H2,(H,17,18,19). The van der Waals surface area contributed by atoms with Gasteiger partial charge in [-0.25, -0.2) is 14.4 Å². The molecule has 2 aromatic rings. The summed E-state index contributed by atoms with van der Waals surface area (Å²) in [6.45, 7) is 4.00. The van der Waals surface area contributed by atoms with E-state index in [0.29, 0.717) is 37.5 Å². The molecule has 0 amide bonds. The molecule has 0 bridgehead atoms. The van der Waals surface area contributed by atoms with Crippen molar-refractivity contribution in [2.75, 3.05) is 44.7 Å². The normalized spacial score (nSPS) is 17.5. The second-order valence-corrected chi connectivity index (χ2v) is 5.31. The van der Waals surface area contributed by atoms with Gasteiger partial charge < -0.3 is 15.2 Å². The molecule has 0 spiro atoms. The molecule has 1 fully saturated rings. The predicted molar refractivity (Wildman–Crippen MR) is 81.3 cm³/mol. The third-order valence-corrected chi connectivity index (χ3v) is 3.69. The van der Waals surface area contributed by atoms with Gasteiger partial charge in [-0.05, 0) is 12.1 Å². The molecule has 1 aromatic carbocycles. The van der Waals surface area contributed by atoms with Crippen molar-refractivity contribution in [1.82, 2.24) is 14.9 Å². The zero-order chi connectivity index (χ0) is 15.4. The first-order valence-corrected chi connectivity index (χ1v) is 7.35. The van der Waals surface area contributed by atoms with Crippen molar-refractivity contribution < 1.29 is 14.2 Å². The molecule has 1 aliphatic heterocycles. The Balaban J connectivity index is 1.62. The Kier molecular flexibility index (Phi) is 4.77. The Hall–Kier alpha value is -1.83. The van der Waals surface area contributed by atoms with Crippen LogP contribution in [-0.2, 0) is 4.74 Å². The highest BCUT2D eigenvalue weighted by atomic mass is 19.1. The highest BCUT2D eigenvalue weighted by Gasteiger charge is 2.15. The van der Waals surface area contributed by atoms with Gasteiger partial charge in [0.25, 0.3) is 0 Å². The Morgan fingerprint density at radius 2 is 2.14 bits per heavy atom. The first-order valence-electron chi connectivity index (χ1n) is 7.35. The lowest BCUT2D eigenvalue weighted by molar-refractivity contribution is 0.0171. The fourth-order valence-corrected chi connectivity index (χ4v) is 2.55. The average molecular weight is 306 g/mol. The van der Waals surface area contributed by atoms with E-state index in [2.05, 4.69) is 20.2 Å². The molecule has 0 aliphatic carbocycles. The molecule has 0 radical (unpaired) electrons. The van der Waals surface area contributed by atoms with Crippen molar-refractivity contribution in [2.24, 2.45) is 0 Å². The van der Waals surface area contributed by atoms with Gasteiger partial charge in [0.05, 0.1) is 19.3 Å². The molecule has 6 nitrogen and oxygen atoms in total. The monoisotopic (exact) mass is 306 g/mol. The summed E-state index contributed by atoms with van der Waals surface area (Å²) in [4.78, 5) is 10.2. The molecule has 1 saturated heterocycles. The number of fused-ring (bicyclic) bond motifs is 1. The van der Waals surface area contributed by atoms with E-state index in [1.54, 1.807) is 12.1 Å². The van der Waals surface area contributed by atoms with Crippen LogP contribution in [0.1, 0.15) is 0 Å². The smallest absolute Gasteiger partial charge is 0.149 e. The van der Waals surface area contributed by atoms with Gasteiger partial charge in [-0.15, -0.1) is 0 Å².